The quantitative estimate of drug-likeness (QED) is 0.669. The molecular weight excluding hydrogens is 316 g/mol. The first-order chi connectivity index (χ1) is 8.97. The van der Waals surface area contributed by atoms with Gasteiger partial charge in [-0.3, -0.25) is 14.9 Å². The van der Waals surface area contributed by atoms with E-state index in [4.69, 9.17) is 0 Å². The lowest BCUT2D eigenvalue weighted by atomic mass is 10.3. The molecule has 0 aliphatic heterocycles. The molecule has 0 atom stereocenters. The number of carbonyl (C=O) groups is 1. The van der Waals surface area contributed by atoms with Crippen LogP contribution in [0.5, 0.6) is 0 Å². The summed E-state index contributed by atoms with van der Waals surface area (Å²) in [6.45, 7) is 1.79. The lowest BCUT2D eigenvalue weighted by Crippen LogP contribution is -2.13. The van der Waals surface area contributed by atoms with Crippen LogP contribution in [-0.4, -0.2) is 20.8 Å². The van der Waals surface area contributed by atoms with Crippen LogP contribution in [0.1, 0.15) is 16.2 Å². The minimum Gasteiger partial charge on any atom is -0.351 e. The van der Waals surface area contributed by atoms with Crippen LogP contribution >= 0.6 is 15.9 Å². The second-order valence-corrected chi connectivity index (χ2v) is 4.60. The molecule has 2 N–H and O–H groups in total. The van der Waals surface area contributed by atoms with Crippen molar-refractivity contribution in [2.45, 2.75) is 6.92 Å². The van der Waals surface area contributed by atoms with Crippen LogP contribution < -0.4 is 5.32 Å². The van der Waals surface area contributed by atoms with Crippen molar-refractivity contribution in [2.75, 3.05) is 5.32 Å². The number of H-pyrrole nitrogens is 1. The van der Waals surface area contributed by atoms with Gasteiger partial charge in [-0.25, -0.2) is 4.98 Å². The number of pyridine rings is 1. The molecule has 0 fully saturated rings. The molecule has 7 nitrogen and oxygen atoms in total. The molecule has 0 aromatic carbocycles. The number of nitrogens with zero attached hydrogens (tertiary/aromatic N) is 2. The molecule has 2 rings (SSSR count). The maximum absolute atomic E-state index is 11.8. The monoisotopic (exact) mass is 324 g/mol. The van der Waals surface area contributed by atoms with Crippen molar-refractivity contribution in [3.05, 3.63) is 50.4 Å². The van der Waals surface area contributed by atoms with E-state index in [2.05, 4.69) is 31.2 Å². The largest absolute Gasteiger partial charge is 0.351 e. The second kappa shape index (κ2) is 5.19. The van der Waals surface area contributed by atoms with E-state index >= 15 is 0 Å². The first-order valence-electron chi connectivity index (χ1n) is 5.24. The smallest absolute Gasteiger partial charge is 0.287 e. The summed E-state index contributed by atoms with van der Waals surface area (Å²) < 4.78 is 0.834. The Hall–Kier alpha value is -2.22. The molecule has 0 unspecified atom stereocenters. The number of rotatable bonds is 3. The van der Waals surface area contributed by atoms with Gasteiger partial charge in [-0.15, -0.1) is 0 Å². The maximum atomic E-state index is 11.8. The number of anilines is 1. The van der Waals surface area contributed by atoms with Gasteiger partial charge in [0.2, 0.25) is 0 Å². The molecule has 19 heavy (non-hydrogen) atoms. The Morgan fingerprint density at radius 1 is 1.53 bits per heavy atom. The zero-order valence-electron chi connectivity index (χ0n) is 9.81. The lowest BCUT2D eigenvalue weighted by molar-refractivity contribution is -0.384. The van der Waals surface area contributed by atoms with Gasteiger partial charge in [0.1, 0.15) is 11.5 Å². The van der Waals surface area contributed by atoms with Crippen molar-refractivity contribution in [1.29, 1.82) is 0 Å². The number of amides is 1. The number of halogens is 1. The summed E-state index contributed by atoms with van der Waals surface area (Å²) in [6.07, 6.45) is 1.16. The third-order valence-electron chi connectivity index (χ3n) is 2.39. The highest BCUT2D eigenvalue weighted by molar-refractivity contribution is 9.10. The number of aromatic amines is 1. The van der Waals surface area contributed by atoms with E-state index < -0.39 is 10.8 Å². The predicted octanol–water partition coefficient (Wildman–Crippen LogP) is 2.64. The molecule has 0 saturated heterocycles. The molecule has 98 valence electrons. The Morgan fingerprint density at radius 3 is 2.84 bits per heavy atom. The van der Waals surface area contributed by atoms with Gasteiger partial charge in [0.25, 0.3) is 11.6 Å². The molecule has 0 aliphatic rings. The maximum Gasteiger partial charge on any atom is 0.287 e. The molecule has 2 aromatic heterocycles. The highest BCUT2D eigenvalue weighted by Crippen LogP contribution is 2.17. The van der Waals surface area contributed by atoms with Crippen LogP contribution in [0.25, 0.3) is 0 Å². The molecule has 0 saturated carbocycles. The van der Waals surface area contributed by atoms with Crippen LogP contribution in [0.4, 0.5) is 11.5 Å². The minimum absolute atomic E-state index is 0.106. The van der Waals surface area contributed by atoms with Crippen LogP contribution in [0.15, 0.2) is 28.9 Å². The number of hydrogen-bond acceptors (Lipinski definition) is 4. The van der Waals surface area contributed by atoms with E-state index in [1.807, 2.05) is 0 Å². The fourth-order valence-corrected chi connectivity index (χ4v) is 1.64. The summed E-state index contributed by atoms with van der Waals surface area (Å²) in [7, 11) is 0. The molecule has 0 spiro atoms. The molecular formula is C11H9BrN4O3. The Morgan fingerprint density at radius 2 is 2.26 bits per heavy atom. The summed E-state index contributed by atoms with van der Waals surface area (Å²) in [5.41, 5.74) is 0.675. The topological polar surface area (TPSA) is 101 Å². The Bertz CT molecular complexity index is 653. The third-order valence-corrected chi connectivity index (χ3v) is 3.22. The third kappa shape index (κ3) is 2.97. The summed E-state index contributed by atoms with van der Waals surface area (Å²) in [4.78, 5) is 28.5. The molecule has 8 heteroatoms. The van der Waals surface area contributed by atoms with Crippen molar-refractivity contribution in [2.24, 2.45) is 0 Å². The Kier molecular flexibility index (Phi) is 3.61. The van der Waals surface area contributed by atoms with E-state index in [0.717, 1.165) is 16.4 Å². The van der Waals surface area contributed by atoms with Crippen molar-refractivity contribution in [3.63, 3.8) is 0 Å². The van der Waals surface area contributed by atoms with Gasteiger partial charge in [0.05, 0.1) is 16.8 Å². The standard InChI is InChI=1S/C11H9BrN4O3/c1-6-8(12)2-3-10(14-6)15-11(17)9-4-7(5-13-9)16(18)19/h2-5,13H,1H3,(H,14,15,17). The van der Waals surface area contributed by atoms with Gasteiger partial charge in [0, 0.05) is 10.5 Å². The number of carbonyl (C=O) groups excluding carboxylic acids is 1. The number of nitro groups is 1. The number of hydrogen-bond donors (Lipinski definition) is 2. The predicted molar refractivity (Wildman–Crippen MR) is 72.1 cm³/mol. The molecule has 0 aliphatic carbocycles. The lowest BCUT2D eigenvalue weighted by Gasteiger charge is -2.04. The zero-order valence-corrected chi connectivity index (χ0v) is 11.4. The molecule has 1 amide bonds. The number of nitrogens with one attached hydrogen (secondary N) is 2. The van der Waals surface area contributed by atoms with Crippen molar-refractivity contribution in [3.8, 4) is 0 Å². The van der Waals surface area contributed by atoms with Gasteiger partial charge >= 0.3 is 0 Å². The highest BCUT2D eigenvalue weighted by atomic mass is 79.9. The minimum atomic E-state index is -0.574. The molecule has 0 bridgehead atoms. The van der Waals surface area contributed by atoms with E-state index in [-0.39, 0.29) is 11.4 Å². The zero-order chi connectivity index (χ0) is 14.0. The SMILES string of the molecule is Cc1nc(NC(=O)c2cc([N+](=O)[O-])c[nH]2)ccc1Br. The van der Waals surface area contributed by atoms with Crippen LogP contribution in [-0.2, 0) is 0 Å². The fourth-order valence-electron chi connectivity index (χ4n) is 1.42. The molecule has 2 aromatic rings. The first-order valence-corrected chi connectivity index (χ1v) is 6.04. The number of aromatic nitrogens is 2. The van der Waals surface area contributed by atoms with Gasteiger partial charge in [-0.1, -0.05) is 0 Å². The van der Waals surface area contributed by atoms with Crippen LogP contribution in [0.3, 0.4) is 0 Å². The Labute approximate surface area is 116 Å². The average Bonchev–Trinajstić information content (AvgIpc) is 2.83. The van der Waals surface area contributed by atoms with Gasteiger partial charge in [-0.05, 0) is 35.0 Å². The normalized spacial score (nSPS) is 10.2. The van der Waals surface area contributed by atoms with Crippen molar-refractivity contribution >= 4 is 33.3 Å². The van der Waals surface area contributed by atoms with Crippen LogP contribution in [0.2, 0.25) is 0 Å². The first kappa shape index (κ1) is 13.2. The summed E-state index contributed by atoms with van der Waals surface area (Å²) >= 11 is 3.30. The van der Waals surface area contributed by atoms with Gasteiger partial charge < -0.3 is 10.3 Å². The highest BCUT2D eigenvalue weighted by Gasteiger charge is 2.15. The van der Waals surface area contributed by atoms with Crippen molar-refractivity contribution in [1.82, 2.24) is 9.97 Å². The summed E-state index contributed by atoms with van der Waals surface area (Å²) in [6, 6.07) is 4.56. The summed E-state index contributed by atoms with van der Waals surface area (Å²) in [5, 5.41) is 13.1. The van der Waals surface area contributed by atoms with E-state index in [0.29, 0.717) is 5.82 Å². The summed E-state index contributed by atoms with van der Waals surface area (Å²) in [5.74, 6) is -0.106. The average molecular weight is 325 g/mol. The molecule has 0 radical (unpaired) electrons. The van der Waals surface area contributed by atoms with E-state index in [1.165, 1.54) is 6.07 Å². The van der Waals surface area contributed by atoms with E-state index in [1.54, 1.807) is 19.1 Å². The second-order valence-electron chi connectivity index (χ2n) is 3.75. The number of aryl methyl sites for hydroxylation is 1. The van der Waals surface area contributed by atoms with Crippen molar-refractivity contribution < 1.29 is 9.72 Å². The van der Waals surface area contributed by atoms with Gasteiger partial charge in [0.15, 0.2) is 0 Å². The van der Waals surface area contributed by atoms with E-state index in [9.17, 15) is 14.9 Å². The Balaban J connectivity index is 2.15. The molecule has 2 heterocycles. The fraction of sp³-hybridized carbons (Fsp3) is 0.0909. The van der Waals surface area contributed by atoms with Gasteiger partial charge in [-0.2, -0.15) is 0 Å². The van der Waals surface area contributed by atoms with Crippen LogP contribution in [0, 0.1) is 17.0 Å².